The standard InChI is InChI=1S/C11H17N3O2S/c1-9-12-8-10(17-9)2-3-11(15)14-5-7-16-6-4-13-14/h8,13H,2-7H2,1H3. The van der Waals surface area contributed by atoms with Crippen molar-refractivity contribution in [2.24, 2.45) is 0 Å². The molecule has 2 heterocycles. The highest BCUT2D eigenvalue weighted by molar-refractivity contribution is 7.11. The zero-order chi connectivity index (χ0) is 12.1. The van der Waals surface area contributed by atoms with Crippen LogP contribution in [0.3, 0.4) is 0 Å². The van der Waals surface area contributed by atoms with Crippen molar-refractivity contribution in [2.45, 2.75) is 19.8 Å². The Bertz CT molecular complexity index is 373. The van der Waals surface area contributed by atoms with Crippen molar-refractivity contribution in [1.82, 2.24) is 15.4 Å². The van der Waals surface area contributed by atoms with Gasteiger partial charge in [0.15, 0.2) is 0 Å². The van der Waals surface area contributed by atoms with Gasteiger partial charge in [0.2, 0.25) is 5.91 Å². The van der Waals surface area contributed by atoms with Gasteiger partial charge in [-0.1, -0.05) is 0 Å². The summed E-state index contributed by atoms with van der Waals surface area (Å²) in [5.41, 5.74) is 3.07. The third kappa shape index (κ3) is 3.76. The van der Waals surface area contributed by atoms with Gasteiger partial charge in [0.05, 0.1) is 24.8 Å². The number of carbonyl (C=O) groups is 1. The van der Waals surface area contributed by atoms with Crippen molar-refractivity contribution in [1.29, 1.82) is 0 Å². The Hall–Kier alpha value is -0.980. The largest absolute Gasteiger partial charge is 0.378 e. The van der Waals surface area contributed by atoms with Crippen molar-refractivity contribution in [2.75, 3.05) is 26.3 Å². The Morgan fingerprint density at radius 2 is 2.53 bits per heavy atom. The maximum atomic E-state index is 11.9. The number of amides is 1. The van der Waals surface area contributed by atoms with E-state index in [1.165, 1.54) is 4.88 Å². The number of hydrogen-bond acceptors (Lipinski definition) is 5. The first kappa shape index (κ1) is 12.5. The lowest BCUT2D eigenvalue weighted by atomic mass is 10.2. The Labute approximate surface area is 105 Å². The summed E-state index contributed by atoms with van der Waals surface area (Å²) in [6.07, 6.45) is 3.14. The maximum Gasteiger partial charge on any atom is 0.237 e. The molecule has 0 atom stereocenters. The number of nitrogens with one attached hydrogen (secondary N) is 1. The predicted octanol–water partition coefficient (Wildman–Crippen LogP) is 0.748. The summed E-state index contributed by atoms with van der Waals surface area (Å²) in [6, 6.07) is 0. The first-order valence-electron chi connectivity index (χ1n) is 5.78. The second kappa shape index (κ2) is 6.09. The van der Waals surface area contributed by atoms with Crippen molar-refractivity contribution in [3.63, 3.8) is 0 Å². The molecule has 0 saturated carbocycles. The minimum atomic E-state index is 0.126. The van der Waals surface area contributed by atoms with Crippen molar-refractivity contribution in [3.05, 3.63) is 16.1 Å². The van der Waals surface area contributed by atoms with E-state index in [0.29, 0.717) is 32.7 Å². The number of rotatable bonds is 3. The van der Waals surface area contributed by atoms with Crippen LogP contribution in [0.15, 0.2) is 6.20 Å². The summed E-state index contributed by atoms with van der Waals surface area (Å²) in [5.74, 6) is 0.126. The summed E-state index contributed by atoms with van der Waals surface area (Å²) in [5, 5.41) is 2.72. The molecule has 0 aromatic carbocycles. The third-order valence-corrected chi connectivity index (χ3v) is 3.54. The van der Waals surface area contributed by atoms with E-state index in [-0.39, 0.29) is 5.91 Å². The molecule has 2 rings (SSSR count). The van der Waals surface area contributed by atoms with Crippen LogP contribution in [0.4, 0.5) is 0 Å². The van der Waals surface area contributed by atoms with Crippen LogP contribution in [0.25, 0.3) is 0 Å². The molecule has 1 N–H and O–H groups in total. The van der Waals surface area contributed by atoms with Crippen molar-refractivity contribution >= 4 is 17.2 Å². The van der Waals surface area contributed by atoms with E-state index >= 15 is 0 Å². The van der Waals surface area contributed by atoms with Gasteiger partial charge in [0.25, 0.3) is 0 Å². The van der Waals surface area contributed by atoms with Gasteiger partial charge in [-0.25, -0.2) is 10.4 Å². The first-order chi connectivity index (χ1) is 8.25. The van der Waals surface area contributed by atoms with Gasteiger partial charge in [0.1, 0.15) is 0 Å². The second-order valence-corrected chi connectivity index (χ2v) is 5.23. The molecule has 0 unspecified atom stereocenters. The average Bonchev–Trinajstić information content (AvgIpc) is 2.58. The van der Waals surface area contributed by atoms with Crippen LogP contribution in [0.1, 0.15) is 16.3 Å². The number of thiazole rings is 1. The van der Waals surface area contributed by atoms with Gasteiger partial charge >= 0.3 is 0 Å². The van der Waals surface area contributed by atoms with E-state index in [1.54, 1.807) is 16.3 Å². The molecule has 0 bridgehead atoms. The fourth-order valence-corrected chi connectivity index (χ4v) is 2.48. The van der Waals surface area contributed by atoms with Crippen molar-refractivity contribution < 1.29 is 9.53 Å². The summed E-state index contributed by atoms with van der Waals surface area (Å²) < 4.78 is 5.28. The molecule has 5 nitrogen and oxygen atoms in total. The van der Waals surface area contributed by atoms with Gasteiger partial charge < -0.3 is 4.74 Å². The highest BCUT2D eigenvalue weighted by Gasteiger charge is 2.15. The van der Waals surface area contributed by atoms with Crippen LogP contribution >= 0.6 is 11.3 Å². The number of carbonyl (C=O) groups excluding carboxylic acids is 1. The van der Waals surface area contributed by atoms with Gasteiger partial charge in [-0.3, -0.25) is 9.80 Å². The zero-order valence-electron chi connectivity index (χ0n) is 9.94. The molecule has 6 heteroatoms. The zero-order valence-corrected chi connectivity index (χ0v) is 10.8. The summed E-state index contributed by atoms with van der Waals surface area (Å²) >= 11 is 1.65. The quantitative estimate of drug-likeness (QED) is 0.866. The fourth-order valence-electron chi connectivity index (χ4n) is 1.69. The smallest absolute Gasteiger partial charge is 0.237 e. The molecule has 1 aromatic heterocycles. The van der Waals surface area contributed by atoms with Crippen LogP contribution in [-0.4, -0.2) is 42.2 Å². The molecule has 1 aliphatic rings. The minimum absolute atomic E-state index is 0.126. The Morgan fingerprint density at radius 3 is 3.29 bits per heavy atom. The fraction of sp³-hybridized carbons (Fsp3) is 0.636. The van der Waals surface area contributed by atoms with E-state index in [4.69, 9.17) is 4.74 Å². The summed E-state index contributed by atoms with van der Waals surface area (Å²) in [7, 11) is 0. The molecule has 0 radical (unpaired) electrons. The topological polar surface area (TPSA) is 54.5 Å². The lowest BCUT2D eigenvalue weighted by molar-refractivity contribution is -0.134. The molecule has 1 aromatic rings. The molecule has 1 amide bonds. The van der Waals surface area contributed by atoms with Gasteiger partial charge in [-0.2, -0.15) is 0 Å². The molecule has 17 heavy (non-hydrogen) atoms. The normalized spacial score (nSPS) is 16.9. The monoisotopic (exact) mass is 255 g/mol. The number of aryl methyl sites for hydroxylation is 2. The molecule has 0 aliphatic carbocycles. The van der Waals surface area contributed by atoms with E-state index in [2.05, 4.69) is 10.4 Å². The van der Waals surface area contributed by atoms with Crippen molar-refractivity contribution in [3.8, 4) is 0 Å². The van der Waals surface area contributed by atoms with E-state index in [0.717, 1.165) is 11.4 Å². The highest BCUT2D eigenvalue weighted by atomic mass is 32.1. The lowest BCUT2D eigenvalue weighted by Crippen LogP contribution is -2.43. The van der Waals surface area contributed by atoms with Gasteiger partial charge in [-0.15, -0.1) is 11.3 Å². The molecule has 0 spiro atoms. The molecule has 1 aliphatic heterocycles. The first-order valence-corrected chi connectivity index (χ1v) is 6.60. The molecular formula is C11H17N3O2S. The average molecular weight is 255 g/mol. The van der Waals surface area contributed by atoms with Crippen LogP contribution in [0.5, 0.6) is 0 Å². The van der Waals surface area contributed by atoms with E-state index in [9.17, 15) is 4.79 Å². The molecule has 1 fully saturated rings. The van der Waals surface area contributed by atoms with Crippen LogP contribution < -0.4 is 5.43 Å². The van der Waals surface area contributed by atoms with Crippen LogP contribution in [0.2, 0.25) is 0 Å². The number of nitrogens with zero attached hydrogens (tertiary/aromatic N) is 2. The highest BCUT2D eigenvalue weighted by Crippen LogP contribution is 2.13. The molecular weight excluding hydrogens is 238 g/mol. The van der Waals surface area contributed by atoms with E-state index in [1.807, 2.05) is 13.1 Å². The van der Waals surface area contributed by atoms with Crippen LogP contribution in [-0.2, 0) is 16.0 Å². The van der Waals surface area contributed by atoms with E-state index < -0.39 is 0 Å². The number of hydrogen-bond donors (Lipinski definition) is 1. The Morgan fingerprint density at radius 1 is 1.65 bits per heavy atom. The predicted molar refractivity (Wildman–Crippen MR) is 65.7 cm³/mol. The minimum Gasteiger partial charge on any atom is -0.378 e. The summed E-state index contributed by atoms with van der Waals surface area (Å²) in [4.78, 5) is 17.3. The molecule has 1 saturated heterocycles. The van der Waals surface area contributed by atoms with Gasteiger partial charge in [0, 0.05) is 24.0 Å². The second-order valence-electron chi connectivity index (χ2n) is 3.91. The number of ether oxygens (including phenoxy) is 1. The number of aromatic nitrogens is 1. The summed E-state index contributed by atoms with van der Waals surface area (Å²) in [6.45, 7) is 4.58. The molecule has 94 valence electrons. The Kier molecular flexibility index (Phi) is 4.47. The maximum absolute atomic E-state index is 11.9. The SMILES string of the molecule is Cc1ncc(CCC(=O)N2CCOCCN2)s1. The van der Waals surface area contributed by atoms with Crippen LogP contribution in [0, 0.1) is 6.92 Å². The lowest BCUT2D eigenvalue weighted by Gasteiger charge is -2.19. The van der Waals surface area contributed by atoms with Gasteiger partial charge in [-0.05, 0) is 13.3 Å². The number of hydrazine groups is 1. The third-order valence-electron chi connectivity index (χ3n) is 2.56. The Balaban J connectivity index is 1.79.